The van der Waals surface area contributed by atoms with Crippen LogP contribution >= 0.6 is 0 Å². The SMILES string of the molecule is CCC(CC)COC(=O)OOC(=O)O.O=C(OOC(=O)c1ccccc1)c1ccccc1. The summed E-state index contributed by atoms with van der Waals surface area (Å²) in [5, 5.41) is 7.98. The van der Waals surface area contributed by atoms with Gasteiger partial charge in [0.2, 0.25) is 0 Å². The number of hydrogen-bond acceptors (Lipinski definition) is 9. The van der Waals surface area contributed by atoms with Gasteiger partial charge < -0.3 is 9.84 Å². The van der Waals surface area contributed by atoms with Crippen LogP contribution in [0.1, 0.15) is 47.4 Å². The molecule has 0 aliphatic carbocycles. The fraction of sp³-hybridized carbons (Fsp3) is 0.273. The predicted octanol–water partition coefficient (Wildman–Crippen LogP) is 4.80. The number of carboxylic acid groups (broad SMARTS) is 1. The number of benzene rings is 2. The quantitative estimate of drug-likeness (QED) is 0.373. The lowest BCUT2D eigenvalue weighted by Crippen LogP contribution is -2.15. The van der Waals surface area contributed by atoms with Crippen LogP contribution in [0.2, 0.25) is 0 Å². The van der Waals surface area contributed by atoms with E-state index in [1.165, 1.54) is 0 Å². The van der Waals surface area contributed by atoms with Gasteiger partial charge in [-0.1, -0.05) is 63.1 Å². The second kappa shape index (κ2) is 14.8. The van der Waals surface area contributed by atoms with Crippen molar-refractivity contribution in [2.24, 2.45) is 5.92 Å². The summed E-state index contributed by atoms with van der Waals surface area (Å²) in [7, 11) is 0. The maximum atomic E-state index is 11.5. The number of hydrogen-bond donors (Lipinski definition) is 1. The molecule has 0 spiro atoms. The van der Waals surface area contributed by atoms with E-state index in [0.29, 0.717) is 11.1 Å². The molecule has 2 aromatic rings. The normalized spacial score (nSPS) is 9.59. The van der Waals surface area contributed by atoms with Crippen molar-refractivity contribution in [3.05, 3.63) is 71.8 Å². The Bertz CT molecular complexity index is 796. The highest BCUT2D eigenvalue weighted by atomic mass is 17.3. The van der Waals surface area contributed by atoms with E-state index in [0.717, 1.165) is 12.8 Å². The third-order valence-electron chi connectivity index (χ3n) is 3.98. The lowest BCUT2D eigenvalue weighted by atomic mass is 10.1. The highest BCUT2D eigenvalue weighted by Crippen LogP contribution is 2.08. The Kier molecular flexibility index (Phi) is 12.0. The zero-order valence-corrected chi connectivity index (χ0v) is 17.6. The topological polar surface area (TPSA) is 135 Å². The van der Waals surface area contributed by atoms with Crippen molar-refractivity contribution in [2.45, 2.75) is 26.7 Å². The molecule has 2 aromatic carbocycles. The molecular weight excluding hydrogens is 424 g/mol. The maximum Gasteiger partial charge on any atom is 0.550 e. The van der Waals surface area contributed by atoms with E-state index in [4.69, 9.17) is 5.11 Å². The average molecular weight is 448 g/mol. The molecule has 0 aromatic heterocycles. The fourth-order valence-electron chi connectivity index (χ4n) is 2.12. The van der Waals surface area contributed by atoms with E-state index < -0.39 is 24.2 Å². The van der Waals surface area contributed by atoms with Gasteiger partial charge in [0, 0.05) is 0 Å². The molecule has 10 nitrogen and oxygen atoms in total. The minimum Gasteiger partial charge on any atom is -0.447 e. The summed E-state index contributed by atoms with van der Waals surface area (Å²) < 4.78 is 4.59. The van der Waals surface area contributed by atoms with Crippen molar-refractivity contribution >= 4 is 24.2 Å². The van der Waals surface area contributed by atoms with Crippen molar-refractivity contribution in [1.29, 1.82) is 0 Å². The second-order valence-electron chi connectivity index (χ2n) is 6.15. The molecule has 0 saturated heterocycles. The molecule has 0 aliphatic rings. The Hall–Kier alpha value is -4.08. The summed E-state index contributed by atoms with van der Waals surface area (Å²) in [5.41, 5.74) is 0.636. The van der Waals surface area contributed by atoms with Crippen LogP contribution in [0, 0.1) is 5.92 Å². The first-order valence-corrected chi connectivity index (χ1v) is 9.64. The monoisotopic (exact) mass is 448 g/mol. The Morgan fingerprint density at radius 2 is 1.16 bits per heavy atom. The molecule has 2 rings (SSSR count). The van der Waals surface area contributed by atoms with Gasteiger partial charge in [-0.25, -0.2) is 29.0 Å². The molecule has 0 atom stereocenters. The van der Waals surface area contributed by atoms with Crippen molar-refractivity contribution in [1.82, 2.24) is 0 Å². The summed E-state index contributed by atoms with van der Waals surface area (Å²) in [6.45, 7) is 4.14. The smallest absolute Gasteiger partial charge is 0.447 e. The van der Waals surface area contributed by atoms with Gasteiger partial charge in [0.25, 0.3) is 0 Å². The van der Waals surface area contributed by atoms with Crippen molar-refractivity contribution in [3.8, 4) is 0 Å². The molecule has 1 N–H and O–H groups in total. The van der Waals surface area contributed by atoms with Crippen molar-refractivity contribution in [3.63, 3.8) is 0 Å². The first-order valence-electron chi connectivity index (χ1n) is 9.64. The van der Waals surface area contributed by atoms with Crippen LogP contribution < -0.4 is 0 Å². The first kappa shape index (κ1) is 26.0. The van der Waals surface area contributed by atoms with E-state index in [2.05, 4.69) is 24.3 Å². The van der Waals surface area contributed by atoms with E-state index >= 15 is 0 Å². The maximum absolute atomic E-state index is 11.5. The van der Waals surface area contributed by atoms with E-state index in [9.17, 15) is 19.2 Å². The molecule has 0 radical (unpaired) electrons. The number of carbonyl (C=O) groups is 4. The molecule has 10 heteroatoms. The fourth-order valence-corrected chi connectivity index (χ4v) is 2.12. The first-order chi connectivity index (χ1) is 15.4. The molecule has 0 aliphatic heterocycles. The third kappa shape index (κ3) is 10.6. The van der Waals surface area contributed by atoms with Gasteiger partial charge in [0.15, 0.2) is 0 Å². The largest absolute Gasteiger partial charge is 0.550 e. The minimum absolute atomic E-state index is 0.203. The van der Waals surface area contributed by atoms with Gasteiger partial charge in [-0.3, -0.25) is 0 Å². The van der Waals surface area contributed by atoms with Crippen LogP contribution in [-0.2, 0) is 24.3 Å². The third-order valence-corrected chi connectivity index (χ3v) is 3.98. The van der Waals surface area contributed by atoms with Gasteiger partial charge in [0.05, 0.1) is 17.7 Å². The lowest BCUT2D eigenvalue weighted by molar-refractivity contribution is -0.214. The summed E-state index contributed by atoms with van der Waals surface area (Å²) in [6, 6.07) is 16.6. The minimum atomic E-state index is -1.69. The molecule has 32 heavy (non-hydrogen) atoms. The van der Waals surface area contributed by atoms with E-state index in [1.54, 1.807) is 60.7 Å². The summed E-state index contributed by atoms with van der Waals surface area (Å²) in [5.74, 6) is -1.16. The van der Waals surface area contributed by atoms with Crippen LogP contribution in [0.25, 0.3) is 0 Å². The number of ether oxygens (including phenoxy) is 1. The van der Waals surface area contributed by atoms with Gasteiger partial charge in [0.1, 0.15) is 0 Å². The molecule has 0 heterocycles. The van der Waals surface area contributed by atoms with Crippen LogP contribution in [0.4, 0.5) is 9.59 Å². The molecule has 0 amide bonds. The van der Waals surface area contributed by atoms with Crippen LogP contribution in [-0.4, -0.2) is 36.0 Å². The molecule has 172 valence electrons. The highest BCUT2D eigenvalue weighted by molar-refractivity contribution is 5.92. The standard InChI is InChI=1S/C14H10O4.C8H14O6/c15-13(11-7-3-1-4-8-11)17-18-14(16)12-9-5-2-6-10-12;1-3-6(4-2)5-12-8(11)14-13-7(9)10/h1-10H;6H,3-5H2,1-2H3,(H,9,10). The Balaban J connectivity index is 0.000000333. The number of rotatable bonds is 6. The summed E-state index contributed by atoms with van der Waals surface area (Å²) >= 11 is 0. The van der Waals surface area contributed by atoms with E-state index in [-0.39, 0.29) is 12.5 Å². The Morgan fingerprint density at radius 3 is 1.53 bits per heavy atom. The zero-order chi connectivity index (χ0) is 23.8. The Morgan fingerprint density at radius 1 is 0.719 bits per heavy atom. The molecule has 0 unspecified atom stereocenters. The summed E-state index contributed by atoms with van der Waals surface area (Å²) in [4.78, 5) is 59.7. The predicted molar refractivity (Wildman–Crippen MR) is 109 cm³/mol. The van der Waals surface area contributed by atoms with Crippen molar-refractivity contribution in [2.75, 3.05) is 6.61 Å². The van der Waals surface area contributed by atoms with Gasteiger partial charge in [-0.15, -0.1) is 0 Å². The van der Waals surface area contributed by atoms with Crippen LogP contribution in [0.5, 0.6) is 0 Å². The van der Waals surface area contributed by atoms with Gasteiger partial charge in [-0.2, -0.15) is 9.68 Å². The molecule has 0 fully saturated rings. The number of carbonyl (C=O) groups excluding carboxylic acids is 3. The Labute approximate surface area is 184 Å². The van der Waals surface area contributed by atoms with E-state index in [1.807, 2.05) is 13.8 Å². The van der Waals surface area contributed by atoms with Crippen molar-refractivity contribution < 1.29 is 48.6 Å². The molecule has 0 bridgehead atoms. The van der Waals surface area contributed by atoms with Crippen LogP contribution in [0.3, 0.4) is 0 Å². The summed E-state index contributed by atoms with van der Waals surface area (Å²) in [6.07, 6.45) is -1.07. The van der Waals surface area contributed by atoms with Gasteiger partial charge in [-0.05, 0) is 30.2 Å². The highest BCUT2D eigenvalue weighted by Gasteiger charge is 2.13. The zero-order valence-electron chi connectivity index (χ0n) is 17.6. The van der Waals surface area contributed by atoms with Gasteiger partial charge >= 0.3 is 24.2 Å². The lowest BCUT2D eigenvalue weighted by Gasteiger charge is -2.10. The second-order valence-corrected chi connectivity index (χ2v) is 6.15. The average Bonchev–Trinajstić information content (AvgIpc) is 2.83. The molecule has 0 saturated carbocycles. The molecular formula is C22H24O10. The van der Waals surface area contributed by atoms with Crippen LogP contribution in [0.15, 0.2) is 60.7 Å².